The van der Waals surface area contributed by atoms with Gasteiger partial charge >= 0.3 is 5.97 Å². The van der Waals surface area contributed by atoms with Crippen LogP contribution in [0.1, 0.15) is 34.1 Å². The molecule has 15 heavy (non-hydrogen) atoms. The Morgan fingerprint density at radius 3 is 2.27 bits per heavy atom. The smallest absolute Gasteiger partial charge is 0.327 e. The van der Waals surface area contributed by atoms with Crippen LogP contribution in [0.5, 0.6) is 0 Å². The fraction of sp³-hybridized carbons (Fsp3) is 0.778. The van der Waals surface area contributed by atoms with Gasteiger partial charge in [-0.25, -0.2) is 0 Å². The quantitative estimate of drug-likeness (QED) is 0.446. The molecule has 0 bridgehead atoms. The highest BCUT2D eigenvalue weighted by Gasteiger charge is 2.21. The number of hydrogen-bond donors (Lipinski definition) is 0. The van der Waals surface area contributed by atoms with Crippen molar-refractivity contribution in [3.8, 4) is 0 Å². The summed E-state index contributed by atoms with van der Waals surface area (Å²) in [4.78, 5) is 22.8. The van der Waals surface area contributed by atoms with Crippen molar-refractivity contribution >= 4 is 42.2 Å². The monoisotopic (exact) mass is 345 g/mol. The van der Waals surface area contributed by atoms with E-state index >= 15 is 0 Å². The summed E-state index contributed by atoms with van der Waals surface area (Å²) >= 11 is 1.97. The molecule has 88 valence electrons. The molecule has 0 saturated heterocycles. The second kappa shape index (κ2) is 6.57. The molecular formula is C9H16INO3S. The normalized spacial score (nSPS) is 11.0. The van der Waals surface area contributed by atoms with Crippen molar-refractivity contribution in [1.29, 1.82) is 0 Å². The van der Waals surface area contributed by atoms with Gasteiger partial charge in [-0.15, -0.1) is 0 Å². The Morgan fingerprint density at radius 1 is 1.40 bits per heavy atom. The third-order valence-corrected chi connectivity index (χ3v) is 3.28. The SMILES string of the molecule is CCC(=O)N(CC(=O)OC(C)(C)C)SI. The van der Waals surface area contributed by atoms with Gasteiger partial charge in [0.05, 0.1) is 0 Å². The number of ether oxygens (including phenoxy) is 1. The third-order valence-electron chi connectivity index (χ3n) is 1.36. The van der Waals surface area contributed by atoms with Gasteiger partial charge in [0.25, 0.3) is 0 Å². The van der Waals surface area contributed by atoms with E-state index < -0.39 is 5.60 Å². The Morgan fingerprint density at radius 2 is 1.93 bits per heavy atom. The molecule has 0 aromatic rings. The zero-order valence-corrected chi connectivity index (χ0v) is 12.3. The highest BCUT2D eigenvalue weighted by Crippen LogP contribution is 2.20. The van der Waals surface area contributed by atoms with Crippen molar-refractivity contribution in [3.63, 3.8) is 0 Å². The first-order chi connectivity index (χ1) is 6.80. The van der Waals surface area contributed by atoms with E-state index in [0.717, 1.165) is 0 Å². The van der Waals surface area contributed by atoms with Gasteiger partial charge in [0.15, 0.2) is 0 Å². The van der Waals surface area contributed by atoms with Gasteiger partial charge in [-0.1, -0.05) is 6.92 Å². The summed E-state index contributed by atoms with van der Waals surface area (Å²) < 4.78 is 6.51. The molecule has 0 unspecified atom stereocenters. The molecule has 4 nitrogen and oxygen atoms in total. The number of carbonyl (C=O) groups excluding carboxylic acids is 2. The Kier molecular flexibility index (Phi) is 6.58. The Labute approximate surface area is 107 Å². The summed E-state index contributed by atoms with van der Waals surface area (Å²) in [6.45, 7) is 7.16. The third kappa shape index (κ3) is 6.99. The van der Waals surface area contributed by atoms with Crippen LogP contribution >= 0.6 is 30.3 Å². The van der Waals surface area contributed by atoms with Crippen molar-refractivity contribution in [3.05, 3.63) is 0 Å². The number of nitrogens with zero attached hydrogens (tertiary/aromatic N) is 1. The van der Waals surface area contributed by atoms with Crippen LogP contribution in [0.2, 0.25) is 0 Å². The molecule has 0 atom stereocenters. The zero-order chi connectivity index (χ0) is 12.1. The van der Waals surface area contributed by atoms with Crippen molar-refractivity contribution in [2.45, 2.75) is 39.7 Å². The lowest BCUT2D eigenvalue weighted by Gasteiger charge is -2.22. The number of esters is 1. The highest BCUT2D eigenvalue weighted by molar-refractivity contribution is 14.2. The van der Waals surface area contributed by atoms with Crippen LogP contribution in [-0.2, 0) is 14.3 Å². The van der Waals surface area contributed by atoms with Crippen LogP contribution in [0.3, 0.4) is 0 Å². The Hall–Kier alpha value is 0.0200. The maximum atomic E-state index is 11.4. The lowest BCUT2D eigenvalue weighted by molar-refractivity contribution is -0.156. The lowest BCUT2D eigenvalue weighted by atomic mass is 10.2. The molecule has 1 amide bonds. The highest BCUT2D eigenvalue weighted by atomic mass is 127. The molecule has 0 heterocycles. The summed E-state index contributed by atoms with van der Waals surface area (Å²) in [7, 11) is 1.21. The van der Waals surface area contributed by atoms with Crippen molar-refractivity contribution in [2.24, 2.45) is 0 Å². The van der Waals surface area contributed by atoms with Crippen molar-refractivity contribution in [2.75, 3.05) is 6.54 Å². The summed E-state index contributed by atoms with van der Waals surface area (Å²) in [5, 5.41) is 0. The van der Waals surface area contributed by atoms with Crippen molar-refractivity contribution in [1.82, 2.24) is 4.31 Å². The maximum absolute atomic E-state index is 11.4. The van der Waals surface area contributed by atoms with Gasteiger partial charge in [-0.3, -0.25) is 13.9 Å². The summed E-state index contributed by atoms with van der Waals surface area (Å²) in [5.41, 5.74) is -0.506. The molecule has 0 aliphatic carbocycles. The van der Waals surface area contributed by atoms with E-state index in [1.54, 1.807) is 27.7 Å². The van der Waals surface area contributed by atoms with Gasteiger partial charge in [0.1, 0.15) is 12.1 Å². The molecule has 0 rings (SSSR count). The molecule has 0 aromatic carbocycles. The Bertz CT molecular complexity index is 240. The van der Waals surface area contributed by atoms with Crippen LogP contribution in [-0.4, -0.2) is 28.3 Å². The van der Waals surface area contributed by atoms with E-state index in [1.165, 1.54) is 13.4 Å². The average Bonchev–Trinajstić information content (AvgIpc) is 2.10. The lowest BCUT2D eigenvalue weighted by Crippen LogP contribution is -2.33. The van der Waals surface area contributed by atoms with Gasteiger partial charge < -0.3 is 4.74 Å². The molecule has 0 saturated carbocycles. The van der Waals surface area contributed by atoms with Crippen molar-refractivity contribution < 1.29 is 14.3 Å². The van der Waals surface area contributed by atoms with E-state index in [4.69, 9.17) is 4.74 Å². The first-order valence-corrected chi connectivity index (χ1v) is 7.92. The fourth-order valence-corrected chi connectivity index (χ4v) is 2.26. The Balaban J connectivity index is 4.20. The minimum absolute atomic E-state index is 0.00243. The summed E-state index contributed by atoms with van der Waals surface area (Å²) in [6.07, 6.45) is 0.388. The first kappa shape index (κ1) is 15.0. The molecular weight excluding hydrogens is 329 g/mol. The second-order valence-electron chi connectivity index (χ2n) is 3.94. The molecule has 0 aliphatic rings. The summed E-state index contributed by atoms with van der Waals surface area (Å²) in [5.74, 6) is -0.450. The fourth-order valence-electron chi connectivity index (χ4n) is 0.818. The van der Waals surface area contributed by atoms with E-state index in [-0.39, 0.29) is 18.4 Å². The molecule has 0 N–H and O–H groups in total. The molecule has 6 heteroatoms. The number of carbonyl (C=O) groups is 2. The maximum Gasteiger partial charge on any atom is 0.327 e. The van der Waals surface area contributed by atoms with Gasteiger partial charge in [0.2, 0.25) is 5.91 Å². The van der Waals surface area contributed by atoms with Crippen LogP contribution in [0.25, 0.3) is 0 Å². The second-order valence-corrected chi connectivity index (χ2v) is 5.70. The summed E-state index contributed by atoms with van der Waals surface area (Å²) in [6, 6.07) is 0. The van der Waals surface area contributed by atoms with E-state index in [1.807, 2.05) is 21.2 Å². The van der Waals surface area contributed by atoms with Gasteiger partial charge in [0, 0.05) is 36.7 Å². The van der Waals surface area contributed by atoms with Gasteiger partial charge in [-0.2, -0.15) is 0 Å². The average molecular weight is 345 g/mol. The molecule has 0 aliphatic heterocycles. The topological polar surface area (TPSA) is 46.6 Å². The zero-order valence-electron chi connectivity index (χ0n) is 9.37. The van der Waals surface area contributed by atoms with E-state index in [9.17, 15) is 9.59 Å². The van der Waals surface area contributed by atoms with Crippen LogP contribution in [0.4, 0.5) is 0 Å². The van der Waals surface area contributed by atoms with Crippen LogP contribution in [0.15, 0.2) is 0 Å². The molecule has 0 aromatic heterocycles. The molecule has 0 fully saturated rings. The van der Waals surface area contributed by atoms with E-state index in [2.05, 4.69) is 0 Å². The first-order valence-electron chi connectivity index (χ1n) is 4.61. The number of hydrogen-bond acceptors (Lipinski definition) is 4. The minimum Gasteiger partial charge on any atom is -0.459 e. The number of rotatable bonds is 4. The van der Waals surface area contributed by atoms with Gasteiger partial charge in [-0.05, 0) is 20.8 Å². The molecule has 0 radical (unpaired) electrons. The predicted octanol–water partition coefficient (Wildman–Crippen LogP) is 2.56. The number of halogens is 1. The minimum atomic E-state index is -0.506. The molecule has 0 spiro atoms. The van der Waals surface area contributed by atoms with E-state index in [0.29, 0.717) is 6.42 Å². The largest absolute Gasteiger partial charge is 0.459 e. The van der Waals surface area contributed by atoms with Crippen LogP contribution < -0.4 is 0 Å². The van der Waals surface area contributed by atoms with Crippen LogP contribution in [0, 0.1) is 0 Å². The number of amides is 1. The standard InChI is InChI=1S/C9H16INO3S/c1-5-7(12)11(15-10)6-8(13)14-9(2,3)4/h5-6H2,1-4H3. The predicted molar refractivity (Wildman–Crippen MR) is 69.5 cm³/mol.